The molecule has 0 saturated carbocycles. The Labute approximate surface area is 137 Å². The van der Waals surface area contributed by atoms with E-state index in [4.69, 9.17) is 23.2 Å². The predicted octanol–water partition coefficient (Wildman–Crippen LogP) is 3.29. The minimum atomic E-state index is -0.696. The van der Waals surface area contributed by atoms with Crippen LogP contribution in [-0.4, -0.2) is 17.9 Å². The SMILES string of the molecule is O=C1NC(Cc2ccccc2Cl)C(=O)Nc2ccc(Cl)cc21. The van der Waals surface area contributed by atoms with Crippen molar-refractivity contribution in [2.45, 2.75) is 12.5 Å². The van der Waals surface area contributed by atoms with Crippen molar-refractivity contribution < 1.29 is 9.59 Å². The molecule has 2 N–H and O–H groups in total. The summed E-state index contributed by atoms with van der Waals surface area (Å²) in [4.78, 5) is 24.6. The normalized spacial score (nSPS) is 17.3. The summed E-state index contributed by atoms with van der Waals surface area (Å²) in [5, 5.41) is 6.47. The molecule has 4 nitrogen and oxygen atoms in total. The number of carbonyl (C=O) groups excluding carboxylic acids is 2. The van der Waals surface area contributed by atoms with Crippen LogP contribution < -0.4 is 10.6 Å². The average molecular weight is 335 g/mol. The number of fused-ring (bicyclic) bond motifs is 1. The highest BCUT2D eigenvalue weighted by atomic mass is 35.5. The van der Waals surface area contributed by atoms with E-state index in [0.717, 1.165) is 5.56 Å². The van der Waals surface area contributed by atoms with Gasteiger partial charge in [0.2, 0.25) is 5.91 Å². The molecule has 2 aromatic carbocycles. The third-order valence-electron chi connectivity index (χ3n) is 3.49. The number of hydrogen-bond donors (Lipinski definition) is 2. The molecule has 0 bridgehead atoms. The molecule has 0 fully saturated rings. The number of hydrogen-bond acceptors (Lipinski definition) is 2. The maximum absolute atomic E-state index is 12.3. The van der Waals surface area contributed by atoms with Crippen molar-refractivity contribution in [1.82, 2.24) is 5.32 Å². The highest BCUT2D eigenvalue weighted by Gasteiger charge is 2.28. The number of anilines is 1. The second-order valence-corrected chi connectivity index (χ2v) is 5.84. The number of benzene rings is 2. The van der Waals surface area contributed by atoms with E-state index in [1.807, 2.05) is 18.2 Å². The van der Waals surface area contributed by atoms with Gasteiger partial charge in [-0.2, -0.15) is 0 Å². The molecule has 22 heavy (non-hydrogen) atoms. The van der Waals surface area contributed by atoms with Gasteiger partial charge in [-0.1, -0.05) is 41.4 Å². The molecule has 0 aliphatic carbocycles. The van der Waals surface area contributed by atoms with E-state index in [2.05, 4.69) is 10.6 Å². The highest BCUT2D eigenvalue weighted by molar-refractivity contribution is 6.31. The maximum Gasteiger partial charge on any atom is 0.254 e. The molecule has 1 heterocycles. The van der Waals surface area contributed by atoms with Gasteiger partial charge in [-0.15, -0.1) is 0 Å². The van der Waals surface area contributed by atoms with Gasteiger partial charge in [-0.3, -0.25) is 9.59 Å². The number of carbonyl (C=O) groups is 2. The molecular formula is C16H12Cl2N2O2. The van der Waals surface area contributed by atoms with Crippen molar-refractivity contribution in [3.63, 3.8) is 0 Å². The van der Waals surface area contributed by atoms with Crippen LogP contribution in [0.4, 0.5) is 5.69 Å². The molecule has 1 aliphatic heterocycles. The van der Waals surface area contributed by atoms with Gasteiger partial charge in [0.05, 0.1) is 11.3 Å². The fraction of sp³-hybridized carbons (Fsp3) is 0.125. The molecule has 0 saturated heterocycles. The van der Waals surface area contributed by atoms with Crippen LogP contribution in [0.1, 0.15) is 15.9 Å². The Morgan fingerprint density at radius 2 is 1.82 bits per heavy atom. The quantitative estimate of drug-likeness (QED) is 0.885. The van der Waals surface area contributed by atoms with Crippen LogP contribution in [0.3, 0.4) is 0 Å². The van der Waals surface area contributed by atoms with E-state index in [-0.39, 0.29) is 11.8 Å². The maximum atomic E-state index is 12.3. The molecule has 1 aliphatic rings. The monoisotopic (exact) mass is 334 g/mol. The van der Waals surface area contributed by atoms with Gasteiger partial charge >= 0.3 is 0 Å². The number of rotatable bonds is 2. The van der Waals surface area contributed by atoms with Crippen molar-refractivity contribution >= 4 is 40.7 Å². The van der Waals surface area contributed by atoms with E-state index in [0.29, 0.717) is 27.7 Å². The zero-order valence-corrected chi connectivity index (χ0v) is 12.9. The molecule has 112 valence electrons. The molecule has 0 spiro atoms. The third-order valence-corrected chi connectivity index (χ3v) is 4.09. The lowest BCUT2D eigenvalue weighted by Gasteiger charge is -2.15. The van der Waals surface area contributed by atoms with Crippen LogP contribution in [0.5, 0.6) is 0 Å². The van der Waals surface area contributed by atoms with Gasteiger partial charge in [0.15, 0.2) is 0 Å². The highest BCUT2D eigenvalue weighted by Crippen LogP contribution is 2.24. The fourth-order valence-corrected chi connectivity index (χ4v) is 2.75. The Bertz CT molecular complexity index is 762. The standard InChI is InChI=1S/C16H12Cl2N2O2/c17-10-5-6-13-11(8-10)15(21)20-14(16(22)19-13)7-9-3-1-2-4-12(9)18/h1-6,8,14H,7H2,(H,19,22)(H,20,21). The third kappa shape index (κ3) is 2.93. The van der Waals surface area contributed by atoms with Crippen LogP contribution in [0.2, 0.25) is 10.0 Å². The van der Waals surface area contributed by atoms with E-state index in [9.17, 15) is 9.59 Å². The molecular weight excluding hydrogens is 323 g/mol. The minimum Gasteiger partial charge on any atom is -0.340 e. The van der Waals surface area contributed by atoms with Crippen LogP contribution in [0.15, 0.2) is 42.5 Å². The first-order valence-corrected chi connectivity index (χ1v) is 7.45. The van der Waals surface area contributed by atoms with Crippen molar-refractivity contribution in [3.8, 4) is 0 Å². The summed E-state index contributed by atoms with van der Waals surface area (Å²) in [5.74, 6) is -0.623. The first-order chi connectivity index (χ1) is 10.5. The van der Waals surface area contributed by atoms with Crippen LogP contribution in [0, 0.1) is 0 Å². The zero-order chi connectivity index (χ0) is 15.7. The lowest BCUT2D eigenvalue weighted by atomic mass is 10.1. The molecule has 3 rings (SSSR count). The molecule has 0 aromatic heterocycles. The Balaban J connectivity index is 1.89. The summed E-state index contributed by atoms with van der Waals surface area (Å²) in [6.45, 7) is 0. The topological polar surface area (TPSA) is 58.2 Å². The summed E-state index contributed by atoms with van der Waals surface area (Å²) in [6, 6.07) is 11.3. The fourth-order valence-electron chi connectivity index (χ4n) is 2.36. The minimum absolute atomic E-state index is 0.283. The number of halogens is 2. The van der Waals surface area contributed by atoms with Gasteiger partial charge in [0.1, 0.15) is 6.04 Å². The molecule has 0 radical (unpaired) electrons. The van der Waals surface area contributed by atoms with Gasteiger partial charge < -0.3 is 10.6 Å². The molecule has 6 heteroatoms. The van der Waals surface area contributed by atoms with E-state index >= 15 is 0 Å². The first kappa shape index (κ1) is 14.9. The van der Waals surface area contributed by atoms with E-state index < -0.39 is 6.04 Å². The first-order valence-electron chi connectivity index (χ1n) is 6.69. The lowest BCUT2D eigenvalue weighted by molar-refractivity contribution is -0.117. The second kappa shape index (κ2) is 5.99. The second-order valence-electron chi connectivity index (χ2n) is 5.00. The average Bonchev–Trinajstić information content (AvgIpc) is 2.60. The van der Waals surface area contributed by atoms with E-state index in [1.165, 1.54) is 6.07 Å². The van der Waals surface area contributed by atoms with Gasteiger partial charge in [-0.05, 0) is 29.8 Å². The summed E-state index contributed by atoms with van der Waals surface area (Å²) < 4.78 is 0. The van der Waals surface area contributed by atoms with Crippen LogP contribution >= 0.6 is 23.2 Å². The number of nitrogens with one attached hydrogen (secondary N) is 2. The van der Waals surface area contributed by atoms with Gasteiger partial charge in [0, 0.05) is 16.5 Å². The van der Waals surface area contributed by atoms with Crippen LogP contribution in [-0.2, 0) is 11.2 Å². The predicted molar refractivity (Wildman–Crippen MR) is 86.5 cm³/mol. The summed E-state index contributed by atoms with van der Waals surface area (Å²) in [5.41, 5.74) is 1.60. The van der Waals surface area contributed by atoms with Gasteiger partial charge in [-0.25, -0.2) is 0 Å². The van der Waals surface area contributed by atoms with Crippen molar-refractivity contribution in [3.05, 3.63) is 63.6 Å². The Morgan fingerprint density at radius 3 is 2.59 bits per heavy atom. The summed E-state index contributed by atoms with van der Waals surface area (Å²) in [6.07, 6.45) is 0.318. The molecule has 1 atom stereocenters. The van der Waals surface area contributed by atoms with E-state index in [1.54, 1.807) is 18.2 Å². The smallest absolute Gasteiger partial charge is 0.254 e. The Morgan fingerprint density at radius 1 is 1.05 bits per heavy atom. The molecule has 1 unspecified atom stereocenters. The van der Waals surface area contributed by atoms with Crippen molar-refractivity contribution in [2.24, 2.45) is 0 Å². The van der Waals surface area contributed by atoms with Crippen molar-refractivity contribution in [2.75, 3.05) is 5.32 Å². The molecule has 2 aromatic rings. The molecule has 2 amide bonds. The van der Waals surface area contributed by atoms with Crippen LogP contribution in [0.25, 0.3) is 0 Å². The summed E-state index contributed by atoms with van der Waals surface area (Å²) in [7, 11) is 0. The summed E-state index contributed by atoms with van der Waals surface area (Å²) >= 11 is 12.0. The number of amides is 2. The largest absolute Gasteiger partial charge is 0.340 e. The Kier molecular flexibility index (Phi) is 4.05. The van der Waals surface area contributed by atoms with Gasteiger partial charge in [0.25, 0.3) is 5.91 Å². The van der Waals surface area contributed by atoms with Crippen molar-refractivity contribution in [1.29, 1.82) is 0 Å². The lowest BCUT2D eigenvalue weighted by Crippen LogP contribution is -2.42. The Hall–Kier alpha value is -2.04. The zero-order valence-electron chi connectivity index (χ0n) is 11.4.